The minimum Gasteiger partial charge on any atom is -0.369 e. The summed E-state index contributed by atoms with van der Waals surface area (Å²) in [7, 11) is 0. The van der Waals surface area contributed by atoms with Crippen LogP contribution in [0.4, 0.5) is 10.1 Å². The summed E-state index contributed by atoms with van der Waals surface area (Å²) in [5.41, 5.74) is 7.70. The molecular weight excluding hydrogens is 357 g/mol. The Balaban J connectivity index is 2.00. The van der Waals surface area contributed by atoms with Crippen molar-refractivity contribution >= 4 is 39.2 Å². The lowest BCUT2D eigenvalue weighted by Crippen LogP contribution is -2.36. The highest BCUT2D eigenvalue weighted by Crippen LogP contribution is 2.33. The number of nitrogens with two attached hydrogens (primary N) is 1. The van der Waals surface area contributed by atoms with Gasteiger partial charge < -0.3 is 10.6 Å². The van der Waals surface area contributed by atoms with Crippen molar-refractivity contribution in [3.8, 4) is 0 Å². The van der Waals surface area contributed by atoms with Crippen molar-refractivity contribution in [1.29, 1.82) is 0 Å². The summed E-state index contributed by atoms with van der Waals surface area (Å²) in [6, 6.07) is 12.4. The molecular formula is C15H12BrClFN3. The number of guanidine groups is 1. The molecule has 21 heavy (non-hydrogen) atoms. The number of hydrogen-bond donors (Lipinski definition) is 1. The predicted octanol–water partition coefficient (Wildman–Crippen LogP) is 4.12. The summed E-state index contributed by atoms with van der Waals surface area (Å²) in [4.78, 5) is 6.18. The van der Waals surface area contributed by atoms with Crippen molar-refractivity contribution in [2.45, 2.75) is 6.04 Å². The van der Waals surface area contributed by atoms with Gasteiger partial charge in [-0.15, -0.1) is 0 Å². The third-order valence-electron chi connectivity index (χ3n) is 3.40. The largest absolute Gasteiger partial charge is 0.369 e. The molecule has 0 aromatic heterocycles. The van der Waals surface area contributed by atoms with Gasteiger partial charge in [0.05, 0.1) is 17.6 Å². The number of nitrogens with zero attached hydrogens (tertiary/aromatic N) is 2. The molecule has 2 aromatic rings. The molecule has 1 aliphatic rings. The molecule has 108 valence electrons. The quantitative estimate of drug-likeness (QED) is 0.866. The first-order chi connectivity index (χ1) is 10.1. The smallest absolute Gasteiger partial charge is 0.196 e. The van der Waals surface area contributed by atoms with E-state index in [-0.39, 0.29) is 11.1 Å². The Morgan fingerprint density at radius 2 is 2.10 bits per heavy atom. The SMILES string of the molecule is NC1=NCC(c2ccc(Cl)c(F)c2)N1c1cccc(Br)c1. The van der Waals surface area contributed by atoms with Crippen LogP contribution in [-0.4, -0.2) is 12.5 Å². The Kier molecular flexibility index (Phi) is 3.87. The van der Waals surface area contributed by atoms with Gasteiger partial charge >= 0.3 is 0 Å². The average molecular weight is 369 g/mol. The summed E-state index contributed by atoms with van der Waals surface area (Å²) >= 11 is 9.18. The van der Waals surface area contributed by atoms with Gasteiger partial charge in [0.1, 0.15) is 5.82 Å². The molecule has 0 radical (unpaired) electrons. The zero-order valence-corrected chi connectivity index (χ0v) is 13.3. The van der Waals surface area contributed by atoms with Gasteiger partial charge in [-0.05, 0) is 35.9 Å². The highest BCUT2D eigenvalue weighted by Gasteiger charge is 2.29. The number of anilines is 1. The maximum atomic E-state index is 13.7. The molecule has 0 saturated heterocycles. The van der Waals surface area contributed by atoms with Crippen LogP contribution >= 0.6 is 27.5 Å². The van der Waals surface area contributed by atoms with Crippen molar-refractivity contribution in [2.75, 3.05) is 11.4 Å². The molecule has 1 aliphatic heterocycles. The van der Waals surface area contributed by atoms with Gasteiger partial charge in [-0.25, -0.2) is 4.39 Å². The van der Waals surface area contributed by atoms with Crippen LogP contribution in [-0.2, 0) is 0 Å². The molecule has 2 aromatic carbocycles. The van der Waals surface area contributed by atoms with E-state index in [0.717, 1.165) is 15.7 Å². The monoisotopic (exact) mass is 367 g/mol. The van der Waals surface area contributed by atoms with Crippen LogP contribution in [0.5, 0.6) is 0 Å². The van der Waals surface area contributed by atoms with Gasteiger partial charge in [0.25, 0.3) is 0 Å². The lowest BCUT2D eigenvalue weighted by atomic mass is 10.1. The Labute approximate surface area is 135 Å². The summed E-state index contributed by atoms with van der Waals surface area (Å²) in [6.07, 6.45) is 0. The zero-order chi connectivity index (χ0) is 15.0. The van der Waals surface area contributed by atoms with E-state index in [0.29, 0.717) is 12.5 Å². The van der Waals surface area contributed by atoms with Crippen molar-refractivity contribution in [2.24, 2.45) is 10.7 Å². The minimum absolute atomic E-state index is 0.111. The molecule has 1 heterocycles. The van der Waals surface area contributed by atoms with Gasteiger partial charge in [0.15, 0.2) is 5.96 Å². The average Bonchev–Trinajstić information content (AvgIpc) is 2.84. The summed E-state index contributed by atoms with van der Waals surface area (Å²) in [5.74, 6) is -0.0118. The highest BCUT2D eigenvalue weighted by molar-refractivity contribution is 9.10. The van der Waals surface area contributed by atoms with Crippen LogP contribution in [0.1, 0.15) is 11.6 Å². The van der Waals surface area contributed by atoms with E-state index in [1.54, 1.807) is 12.1 Å². The fourth-order valence-corrected chi connectivity index (χ4v) is 2.91. The summed E-state index contributed by atoms with van der Waals surface area (Å²) in [6.45, 7) is 0.486. The highest BCUT2D eigenvalue weighted by atomic mass is 79.9. The minimum atomic E-state index is -0.436. The van der Waals surface area contributed by atoms with Crippen LogP contribution in [0, 0.1) is 5.82 Å². The number of benzene rings is 2. The van der Waals surface area contributed by atoms with Gasteiger partial charge in [-0.1, -0.05) is 39.7 Å². The van der Waals surface area contributed by atoms with Gasteiger partial charge in [-0.3, -0.25) is 4.99 Å². The molecule has 0 aliphatic carbocycles. The molecule has 2 N–H and O–H groups in total. The fourth-order valence-electron chi connectivity index (χ4n) is 2.41. The Morgan fingerprint density at radius 1 is 1.29 bits per heavy atom. The van der Waals surface area contributed by atoms with Crippen LogP contribution in [0.15, 0.2) is 51.9 Å². The molecule has 0 spiro atoms. The van der Waals surface area contributed by atoms with Crippen LogP contribution < -0.4 is 10.6 Å². The van der Waals surface area contributed by atoms with Crippen molar-refractivity contribution in [1.82, 2.24) is 0 Å². The number of aliphatic imine (C=N–C) groups is 1. The molecule has 0 saturated carbocycles. The summed E-state index contributed by atoms with van der Waals surface area (Å²) in [5, 5.41) is 0.111. The van der Waals surface area contributed by atoms with E-state index in [1.807, 2.05) is 29.2 Å². The lowest BCUT2D eigenvalue weighted by Gasteiger charge is -2.27. The molecule has 3 nitrogen and oxygen atoms in total. The lowest BCUT2D eigenvalue weighted by molar-refractivity contribution is 0.622. The van der Waals surface area contributed by atoms with Gasteiger partial charge in [0.2, 0.25) is 0 Å². The number of hydrogen-bond acceptors (Lipinski definition) is 3. The number of rotatable bonds is 2. The van der Waals surface area contributed by atoms with E-state index in [1.165, 1.54) is 6.07 Å². The fraction of sp³-hybridized carbons (Fsp3) is 0.133. The molecule has 0 amide bonds. The second-order valence-corrected chi connectivity index (χ2v) is 6.06. The maximum Gasteiger partial charge on any atom is 0.196 e. The topological polar surface area (TPSA) is 41.6 Å². The van der Waals surface area contributed by atoms with E-state index < -0.39 is 5.82 Å². The third-order valence-corrected chi connectivity index (χ3v) is 4.20. The molecule has 0 bridgehead atoms. The van der Waals surface area contributed by atoms with Crippen molar-refractivity contribution < 1.29 is 4.39 Å². The summed E-state index contributed by atoms with van der Waals surface area (Å²) < 4.78 is 14.6. The van der Waals surface area contributed by atoms with Gasteiger partial charge in [-0.2, -0.15) is 0 Å². The predicted molar refractivity (Wildman–Crippen MR) is 87.3 cm³/mol. The Hall–Kier alpha value is -1.59. The second-order valence-electron chi connectivity index (χ2n) is 4.74. The number of halogens is 3. The Morgan fingerprint density at radius 3 is 2.81 bits per heavy atom. The van der Waals surface area contributed by atoms with Gasteiger partial charge in [0, 0.05) is 10.2 Å². The first-order valence-corrected chi connectivity index (χ1v) is 7.53. The first kappa shape index (κ1) is 14.4. The van der Waals surface area contributed by atoms with E-state index >= 15 is 0 Å². The zero-order valence-electron chi connectivity index (χ0n) is 10.9. The normalized spacial score (nSPS) is 18.0. The maximum absolute atomic E-state index is 13.7. The molecule has 1 unspecified atom stereocenters. The van der Waals surface area contributed by atoms with Crippen molar-refractivity contribution in [3.63, 3.8) is 0 Å². The third kappa shape index (κ3) is 2.76. The van der Waals surface area contributed by atoms with Crippen LogP contribution in [0.2, 0.25) is 5.02 Å². The van der Waals surface area contributed by atoms with Crippen LogP contribution in [0.25, 0.3) is 0 Å². The standard InChI is InChI=1S/C15H12BrClFN3/c16-10-2-1-3-11(7-10)21-14(8-20-15(21)19)9-4-5-12(17)13(18)6-9/h1-7,14H,8H2,(H2,19,20). The molecule has 3 rings (SSSR count). The molecule has 6 heteroatoms. The second kappa shape index (κ2) is 5.66. The van der Waals surface area contributed by atoms with E-state index in [9.17, 15) is 4.39 Å². The first-order valence-electron chi connectivity index (χ1n) is 6.36. The van der Waals surface area contributed by atoms with E-state index in [4.69, 9.17) is 17.3 Å². The molecule has 1 atom stereocenters. The van der Waals surface area contributed by atoms with E-state index in [2.05, 4.69) is 20.9 Å². The van der Waals surface area contributed by atoms with Crippen LogP contribution in [0.3, 0.4) is 0 Å². The van der Waals surface area contributed by atoms with Crippen molar-refractivity contribution in [3.05, 3.63) is 63.3 Å². The Bertz CT molecular complexity index is 720. The molecule has 0 fully saturated rings.